The van der Waals surface area contributed by atoms with Crippen LogP contribution in [0.4, 0.5) is 5.69 Å². The fraction of sp³-hybridized carbons (Fsp3) is 0.471. The summed E-state index contributed by atoms with van der Waals surface area (Å²) in [6.45, 7) is 1.78. The smallest absolute Gasteiger partial charge is 0.234 e. The van der Waals surface area contributed by atoms with E-state index in [-0.39, 0.29) is 23.7 Å². The van der Waals surface area contributed by atoms with Gasteiger partial charge in [-0.15, -0.1) is 0 Å². The summed E-state index contributed by atoms with van der Waals surface area (Å²) in [5, 5.41) is 2.40. The van der Waals surface area contributed by atoms with Gasteiger partial charge >= 0.3 is 0 Å². The zero-order valence-corrected chi connectivity index (χ0v) is 12.5. The predicted molar refractivity (Wildman–Crippen MR) is 82.6 cm³/mol. The minimum atomic E-state index is -0.229. The number of hydrogen-bond acceptors (Lipinski definition) is 4. The van der Waals surface area contributed by atoms with Crippen LogP contribution in [0.1, 0.15) is 37.2 Å². The average Bonchev–Trinajstić information content (AvgIpc) is 2.55. The maximum absolute atomic E-state index is 11.9. The van der Waals surface area contributed by atoms with Crippen LogP contribution < -0.4 is 10.2 Å². The van der Waals surface area contributed by atoms with Crippen molar-refractivity contribution in [2.75, 3.05) is 18.0 Å². The molecule has 1 atom stereocenters. The molecule has 22 heavy (non-hydrogen) atoms. The van der Waals surface area contributed by atoms with Crippen molar-refractivity contribution in [2.45, 2.75) is 31.6 Å². The summed E-state index contributed by atoms with van der Waals surface area (Å²) in [6, 6.07) is 8.00. The Bertz CT molecular complexity index is 574. The second kappa shape index (κ2) is 6.30. The lowest BCUT2D eigenvalue weighted by molar-refractivity contribution is -0.134. The van der Waals surface area contributed by atoms with Crippen molar-refractivity contribution >= 4 is 23.8 Å². The van der Waals surface area contributed by atoms with Gasteiger partial charge in [-0.05, 0) is 37.0 Å². The Morgan fingerprint density at radius 2 is 1.73 bits per heavy atom. The van der Waals surface area contributed by atoms with Gasteiger partial charge in [-0.3, -0.25) is 14.9 Å². The lowest BCUT2D eigenvalue weighted by atomic mass is 9.90. The fourth-order valence-corrected chi connectivity index (χ4v) is 3.22. The zero-order chi connectivity index (χ0) is 15.5. The quantitative estimate of drug-likeness (QED) is 0.680. The second-order valence-electron chi connectivity index (χ2n) is 6.06. The van der Waals surface area contributed by atoms with E-state index in [0.717, 1.165) is 43.5 Å². The number of amides is 2. The van der Waals surface area contributed by atoms with Crippen LogP contribution in [0, 0.1) is 5.92 Å². The van der Waals surface area contributed by atoms with Crippen LogP contribution in [0.25, 0.3) is 0 Å². The van der Waals surface area contributed by atoms with Crippen molar-refractivity contribution in [3.8, 4) is 0 Å². The first-order valence-corrected chi connectivity index (χ1v) is 7.81. The Morgan fingerprint density at radius 1 is 1.05 bits per heavy atom. The average molecular weight is 300 g/mol. The molecule has 1 aromatic carbocycles. The van der Waals surface area contributed by atoms with Gasteiger partial charge < -0.3 is 9.69 Å². The molecule has 0 saturated carbocycles. The molecule has 2 amide bonds. The highest BCUT2D eigenvalue weighted by atomic mass is 16.2. The lowest BCUT2D eigenvalue weighted by Gasteiger charge is -2.32. The number of piperidine rings is 2. The summed E-state index contributed by atoms with van der Waals surface area (Å²) in [7, 11) is 0. The number of carbonyl (C=O) groups excluding carboxylic acids is 3. The Morgan fingerprint density at radius 3 is 2.32 bits per heavy atom. The van der Waals surface area contributed by atoms with Crippen molar-refractivity contribution in [3.63, 3.8) is 0 Å². The van der Waals surface area contributed by atoms with Crippen molar-refractivity contribution in [3.05, 3.63) is 29.8 Å². The Labute approximate surface area is 129 Å². The number of aldehydes is 1. The molecule has 2 aliphatic rings. The first-order chi connectivity index (χ1) is 10.7. The molecular weight excluding hydrogens is 280 g/mol. The molecule has 0 radical (unpaired) electrons. The van der Waals surface area contributed by atoms with E-state index in [0.29, 0.717) is 12.8 Å². The van der Waals surface area contributed by atoms with E-state index in [2.05, 4.69) is 10.2 Å². The first-order valence-electron chi connectivity index (χ1n) is 7.81. The lowest BCUT2D eigenvalue weighted by Crippen LogP contribution is -2.39. The van der Waals surface area contributed by atoms with Crippen molar-refractivity contribution in [2.24, 2.45) is 5.92 Å². The van der Waals surface area contributed by atoms with Crippen molar-refractivity contribution in [1.82, 2.24) is 5.32 Å². The van der Waals surface area contributed by atoms with Gasteiger partial charge in [0.1, 0.15) is 6.29 Å². The molecule has 1 N–H and O–H groups in total. The van der Waals surface area contributed by atoms with Crippen molar-refractivity contribution in [1.29, 1.82) is 0 Å². The van der Waals surface area contributed by atoms with Gasteiger partial charge in [-0.2, -0.15) is 0 Å². The predicted octanol–water partition coefficient (Wildman–Crippen LogP) is 1.62. The normalized spacial score (nSPS) is 23.3. The molecule has 116 valence electrons. The van der Waals surface area contributed by atoms with Crippen molar-refractivity contribution < 1.29 is 14.4 Å². The highest BCUT2D eigenvalue weighted by molar-refractivity contribution is 6.00. The van der Waals surface area contributed by atoms with E-state index in [1.54, 1.807) is 0 Å². The topological polar surface area (TPSA) is 66.5 Å². The largest absolute Gasteiger partial charge is 0.371 e. The molecule has 1 unspecified atom stereocenters. The molecule has 0 bridgehead atoms. The molecule has 2 heterocycles. The minimum absolute atomic E-state index is 0.184. The van der Waals surface area contributed by atoms with E-state index < -0.39 is 0 Å². The Kier molecular flexibility index (Phi) is 4.22. The van der Waals surface area contributed by atoms with Gasteiger partial charge in [0.25, 0.3) is 0 Å². The van der Waals surface area contributed by atoms with E-state index in [1.807, 2.05) is 24.3 Å². The number of imide groups is 1. The number of carbonyl (C=O) groups is 3. The molecular formula is C17H20N2O3. The van der Waals surface area contributed by atoms with E-state index in [9.17, 15) is 14.4 Å². The molecule has 2 aliphatic heterocycles. The SMILES string of the molecule is O=CC1CCN(c2ccc(C3CCC(=O)NC3=O)cc2)CC1. The van der Waals surface area contributed by atoms with Crippen LogP contribution in [0.15, 0.2) is 24.3 Å². The second-order valence-corrected chi connectivity index (χ2v) is 6.06. The fourth-order valence-electron chi connectivity index (χ4n) is 3.22. The van der Waals surface area contributed by atoms with Crippen LogP contribution in [-0.4, -0.2) is 31.2 Å². The van der Waals surface area contributed by atoms with Crippen LogP contribution in [0.5, 0.6) is 0 Å². The molecule has 5 heteroatoms. The summed E-state index contributed by atoms with van der Waals surface area (Å²) in [4.78, 5) is 36.2. The number of rotatable bonds is 3. The van der Waals surface area contributed by atoms with E-state index in [4.69, 9.17) is 0 Å². The Hall–Kier alpha value is -2.17. The van der Waals surface area contributed by atoms with Crippen LogP contribution in [0.2, 0.25) is 0 Å². The number of nitrogens with one attached hydrogen (secondary N) is 1. The number of benzene rings is 1. The summed E-state index contributed by atoms with van der Waals surface area (Å²) in [5.41, 5.74) is 2.08. The molecule has 0 aromatic heterocycles. The monoisotopic (exact) mass is 300 g/mol. The summed E-state index contributed by atoms with van der Waals surface area (Å²) in [6.07, 6.45) is 3.84. The van der Waals surface area contributed by atoms with E-state index in [1.165, 1.54) is 0 Å². The summed E-state index contributed by atoms with van der Waals surface area (Å²) in [5.74, 6) is -0.418. The van der Waals surface area contributed by atoms with Gasteiger partial charge in [0.05, 0.1) is 5.92 Å². The molecule has 0 aliphatic carbocycles. The van der Waals surface area contributed by atoms with Crippen LogP contribution in [0.3, 0.4) is 0 Å². The third kappa shape index (κ3) is 3.03. The maximum atomic E-state index is 11.9. The molecule has 3 rings (SSSR count). The minimum Gasteiger partial charge on any atom is -0.371 e. The van der Waals surface area contributed by atoms with Gasteiger partial charge in [0.2, 0.25) is 11.8 Å². The highest BCUT2D eigenvalue weighted by Crippen LogP contribution is 2.28. The Balaban J connectivity index is 1.67. The molecule has 2 saturated heterocycles. The van der Waals surface area contributed by atoms with Gasteiger partial charge in [0.15, 0.2) is 0 Å². The van der Waals surface area contributed by atoms with Crippen LogP contribution >= 0.6 is 0 Å². The maximum Gasteiger partial charge on any atom is 0.234 e. The number of hydrogen-bond donors (Lipinski definition) is 1. The standard InChI is InChI=1S/C17H20N2O3/c20-11-12-7-9-19(10-8-12)14-3-1-13(2-4-14)15-5-6-16(21)18-17(15)22/h1-4,11-12,15H,5-10H2,(H,18,21,22). The third-order valence-corrected chi connectivity index (χ3v) is 4.63. The third-order valence-electron chi connectivity index (χ3n) is 4.63. The highest BCUT2D eigenvalue weighted by Gasteiger charge is 2.28. The summed E-state index contributed by atoms with van der Waals surface area (Å²) >= 11 is 0. The zero-order valence-electron chi connectivity index (χ0n) is 12.5. The molecule has 5 nitrogen and oxygen atoms in total. The van der Waals surface area contributed by atoms with Gasteiger partial charge in [0, 0.05) is 31.1 Å². The molecule has 2 fully saturated rings. The number of nitrogens with zero attached hydrogens (tertiary/aromatic N) is 1. The molecule has 1 aromatic rings. The van der Waals surface area contributed by atoms with Gasteiger partial charge in [-0.25, -0.2) is 0 Å². The molecule has 0 spiro atoms. The first kappa shape index (κ1) is 14.8. The number of anilines is 1. The summed E-state index contributed by atoms with van der Waals surface area (Å²) < 4.78 is 0. The van der Waals surface area contributed by atoms with Crippen LogP contribution in [-0.2, 0) is 14.4 Å². The van der Waals surface area contributed by atoms with Gasteiger partial charge in [-0.1, -0.05) is 12.1 Å². The van der Waals surface area contributed by atoms with E-state index >= 15 is 0 Å².